The molecule has 108 valence electrons. The molecule has 6 nitrogen and oxygen atoms in total. The van der Waals surface area contributed by atoms with Crippen LogP contribution in [0, 0.1) is 0 Å². The summed E-state index contributed by atoms with van der Waals surface area (Å²) in [5.74, 6) is -0.304. The number of carbonyl (C=O) groups is 1. The molecule has 1 amide bonds. The Morgan fingerprint density at radius 1 is 1.30 bits per heavy atom. The van der Waals surface area contributed by atoms with Crippen LogP contribution >= 0.6 is 0 Å². The van der Waals surface area contributed by atoms with Crippen LogP contribution in [0.25, 0.3) is 11.0 Å². The Morgan fingerprint density at radius 3 is 2.55 bits per heavy atom. The highest BCUT2D eigenvalue weighted by Gasteiger charge is 2.30. The van der Waals surface area contributed by atoms with Crippen LogP contribution in [0.2, 0.25) is 0 Å². The lowest BCUT2D eigenvalue weighted by Crippen LogP contribution is -2.42. The summed E-state index contributed by atoms with van der Waals surface area (Å²) in [6.45, 7) is 4.61. The second-order valence-corrected chi connectivity index (χ2v) is 4.54. The van der Waals surface area contributed by atoms with E-state index in [1.165, 1.54) is 4.90 Å². The van der Waals surface area contributed by atoms with Gasteiger partial charge in [0.15, 0.2) is 6.10 Å². The molecule has 0 radical (unpaired) electrons. The van der Waals surface area contributed by atoms with Gasteiger partial charge in [-0.15, -0.1) is 0 Å². The third kappa shape index (κ3) is 2.66. The van der Waals surface area contributed by atoms with Gasteiger partial charge in [-0.25, -0.2) is 4.98 Å². The maximum atomic E-state index is 12.0. The van der Waals surface area contributed by atoms with Gasteiger partial charge < -0.3 is 20.1 Å². The molecule has 0 saturated carbocycles. The third-order valence-corrected chi connectivity index (χ3v) is 3.32. The second kappa shape index (κ2) is 6.02. The molecule has 1 heterocycles. The molecule has 1 aromatic heterocycles. The fourth-order valence-corrected chi connectivity index (χ4v) is 2.12. The predicted octanol–water partition coefficient (Wildman–Crippen LogP) is 0.826. The van der Waals surface area contributed by atoms with Crippen LogP contribution in [-0.2, 0) is 4.79 Å². The number of hydrogen-bond donors (Lipinski definition) is 3. The summed E-state index contributed by atoms with van der Waals surface area (Å²) < 4.78 is 0. The summed E-state index contributed by atoms with van der Waals surface area (Å²) in [5.41, 5.74) is 1.44. The molecule has 0 aliphatic carbocycles. The van der Waals surface area contributed by atoms with Gasteiger partial charge in [-0.1, -0.05) is 12.1 Å². The van der Waals surface area contributed by atoms with Gasteiger partial charge in [-0.2, -0.15) is 0 Å². The molecule has 0 bridgehead atoms. The average molecular weight is 277 g/mol. The molecule has 0 spiro atoms. The molecule has 2 rings (SSSR count). The van der Waals surface area contributed by atoms with Crippen LogP contribution in [0.15, 0.2) is 24.3 Å². The summed E-state index contributed by atoms with van der Waals surface area (Å²) >= 11 is 0. The maximum Gasteiger partial charge on any atom is 0.254 e. The molecule has 6 heteroatoms. The lowest BCUT2D eigenvalue weighted by atomic mass is 10.1. The first-order valence-electron chi connectivity index (χ1n) is 6.68. The summed E-state index contributed by atoms with van der Waals surface area (Å²) in [6.07, 6.45) is -2.88. The van der Waals surface area contributed by atoms with E-state index in [1.54, 1.807) is 6.07 Å². The van der Waals surface area contributed by atoms with E-state index in [0.29, 0.717) is 18.6 Å². The Hall–Kier alpha value is -1.92. The Balaban J connectivity index is 2.21. The van der Waals surface area contributed by atoms with Gasteiger partial charge in [0.2, 0.25) is 0 Å². The van der Waals surface area contributed by atoms with E-state index in [2.05, 4.69) is 9.97 Å². The van der Waals surface area contributed by atoms with Crippen molar-refractivity contribution < 1.29 is 15.0 Å². The van der Waals surface area contributed by atoms with Crippen molar-refractivity contribution in [1.82, 2.24) is 14.9 Å². The van der Waals surface area contributed by atoms with Crippen molar-refractivity contribution in [1.29, 1.82) is 0 Å². The van der Waals surface area contributed by atoms with Crippen molar-refractivity contribution in [3.8, 4) is 0 Å². The summed E-state index contributed by atoms with van der Waals surface area (Å²) in [4.78, 5) is 20.6. The highest BCUT2D eigenvalue weighted by Crippen LogP contribution is 2.19. The quantitative estimate of drug-likeness (QED) is 0.755. The molecule has 3 N–H and O–H groups in total. The average Bonchev–Trinajstić information content (AvgIpc) is 2.90. The first kappa shape index (κ1) is 14.5. The molecular formula is C14H19N3O3. The Kier molecular flexibility index (Phi) is 4.36. The fourth-order valence-electron chi connectivity index (χ4n) is 2.12. The van der Waals surface area contributed by atoms with Gasteiger partial charge in [0.05, 0.1) is 11.0 Å². The van der Waals surface area contributed by atoms with Crippen LogP contribution in [0.5, 0.6) is 0 Å². The summed E-state index contributed by atoms with van der Waals surface area (Å²) in [5, 5.41) is 20.1. The van der Waals surface area contributed by atoms with Crippen molar-refractivity contribution in [2.75, 3.05) is 13.1 Å². The van der Waals surface area contributed by atoms with Crippen LogP contribution in [-0.4, -0.2) is 50.2 Å². The number of para-hydroxylation sites is 2. The number of aliphatic hydroxyl groups is 2. The molecule has 2 aromatic rings. The molecule has 2 atom stereocenters. The number of aliphatic hydroxyl groups excluding tert-OH is 2. The summed E-state index contributed by atoms with van der Waals surface area (Å²) in [6, 6.07) is 7.28. The van der Waals surface area contributed by atoms with Gasteiger partial charge in [0.25, 0.3) is 5.91 Å². The second-order valence-electron chi connectivity index (χ2n) is 4.54. The first-order valence-corrected chi connectivity index (χ1v) is 6.68. The minimum atomic E-state index is -1.52. The zero-order valence-electron chi connectivity index (χ0n) is 11.6. The first-order chi connectivity index (χ1) is 9.58. The van der Waals surface area contributed by atoms with E-state index in [9.17, 15) is 15.0 Å². The molecule has 0 saturated heterocycles. The van der Waals surface area contributed by atoms with Gasteiger partial charge in [-0.05, 0) is 26.0 Å². The minimum absolute atomic E-state index is 0.194. The SMILES string of the molecule is CCN(CC)C(=O)C(O)C(O)c1nc2ccccc2[nH]1. The van der Waals surface area contributed by atoms with Crippen molar-refractivity contribution in [2.24, 2.45) is 0 Å². The smallest absolute Gasteiger partial charge is 0.254 e. The van der Waals surface area contributed by atoms with Crippen LogP contribution < -0.4 is 0 Å². The number of hydrogen-bond acceptors (Lipinski definition) is 4. The van der Waals surface area contributed by atoms with E-state index >= 15 is 0 Å². The number of benzene rings is 1. The topological polar surface area (TPSA) is 89.5 Å². The zero-order valence-corrected chi connectivity index (χ0v) is 11.6. The van der Waals surface area contributed by atoms with Crippen molar-refractivity contribution in [3.63, 3.8) is 0 Å². The maximum absolute atomic E-state index is 12.0. The van der Waals surface area contributed by atoms with Crippen molar-refractivity contribution in [3.05, 3.63) is 30.1 Å². The molecule has 1 aromatic carbocycles. The van der Waals surface area contributed by atoms with Crippen LogP contribution in [0.3, 0.4) is 0 Å². The monoisotopic (exact) mass is 277 g/mol. The Morgan fingerprint density at radius 2 is 1.95 bits per heavy atom. The van der Waals surface area contributed by atoms with Gasteiger partial charge in [0.1, 0.15) is 11.9 Å². The molecule has 20 heavy (non-hydrogen) atoms. The number of amides is 1. The molecule has 2 unspecified atom stereocenters. The van der Waals surface area contributed by atoms with E-state index in [4.69, 9.17) is 0 Å². The number of aromatic amines is 1. The summed E-state index contributed by atoms with van der Waals surface area (Å²) in [7, 11) is 0. The van der Waals surface area contributed by atoms with Gasteiger partial charge >= 0.3 is 0 Å². The molecule has 0 aliphatic heterocycles. The number of fused-ring (bicyclic) bond motifs is 1. The number of nitrogens with one attached hydrogen (secondary N) is 1. The molecule has 0 aliphatic rings. The van der Waals surface area contributed by atoms with Crippen LogP contribution in [0.4, 0.5) is 0 Å². The van der Waals surface area contributed by atoms with E-state index in [-0.39, 0.29) is 5.82 Å². The van der Waals surface area contributed by atoms with E-state index < -0.39 is 18.1 Å². The molecule has 0 fully saturated rings. The largest absolute Gasteiger partial charge is 0.382 e. The van der Waals surface area contributed by atoms with E-state index in [1.807, 2.05) is 32.0 Å². The van der Waals surface area contributed by atoms with Crippen LogP contribution in [0.1, 0.15) is 25.8 Å². The fraction of sp³-hybridized carbons (Fsp3) is 0.429. The molecular weight excluding hydrogens is 258 g/mol. The number of likely N-dealkylation sites (N-methyl/N-ethyl adjacent to an activating group) is 1. The van der Waals surface area contributed by atoms with Crippen molar-refractivity contribution in [2.45, 2.75) is 26.1 Å². The highest BCUT2D eigenvalue weighted by molar-refractivity contribution is 5.81. The number of H-pyrrole nitrogens is 1. The lowest BCUT2D eigenvalue weighted by molar-refractivity contribution is -0.146. The Bertz CT molecular complexity index is 559. The van der Waals surface area contributed by atoms with Crippen molar-refractivity contribution >= 4 is 16.9 Å². The predicted molar refractivity (Wildman–Crippen MR) is 75.0 cm³/mol. The Labute approximate surface area is 117 Å². The number of aromatic nitrogens is 2. The number of carbonyl (C=O) groups excluding carboxylic acids is 1. The highest BCUT2D eigenvalue weighted by atomic mass is 16.3. The number of nitrogens with zero attached hydrogens (tertiary/aromatic N) is 2. The zero-order chi connectivity index (χ0) is 14.7. The standard InChI is InChI=1S/C14H19N3O3/c1-3-17(4-2)14(20)12(19)11(18)13-15-9-7-5-6-8-10(9)16-13/h5-8,11-12,18-19H,3-4H2,1-2H3,(H,15,16). The van der Waals surface area contributed by atoms with Gasteiger partial charge in [-0.3, -0.25) is 4.79 Å². The lowest BCUT2D eigenvalue weighted by Gasteiger charge is -2.24. The minimum Gasteiger partial charge on any atom is -0.382 e. The number of imidazole rings is 1. The number of rotatable bonds is 5. The van der Waals surface area contributed by atoms with E-state index in [0.717, 1.165) is 5.52 Å². The normalized spacial score (nSPS) is 14.2. The van der Waals surface area contributed by atoms with Gasteiger partial charge in [0, 0.05) is 13.1 Å². The third-order valence-electron chi connectivity index (χ3n) is 3.32.